The molecule has 1 saturated heterocycles. The predicted molar refractivity (Wildman–Crippen MR) is 96.2 cm³/mol. The fourth-order valence-electron chi connectivity index (χ4n) is 4.15. The number of aliphatic hydroxyl groups excluding tert-OH is 1. The molecular weight excluding hydrogens is 336 g/mol. The average molecular weight is 359 g/mol. The summed E-state index contributed by atoms with van der Waals surface area (Å²) in [6.07, 6.45) is 1.09. The van der Waals surface area contributed by atoms with Crippen molar-refractivity contribution >= 4 is 5.69 Å². The lowest BCUT2D eigenvalue weighted by molar-refractivity contribution is -0.110. The van der Waals surface area contributed by atoms with Crippen molar-refractivity contribution in [3.63, 3.8) is 0 Å². The van der Waals surface area contributed by atoms with Crippen LogP contribution in [0.15, 0.2) is 48.5 Å². The van der Waals surface area contributed by atoms with Crippen LogP contribution in [0.1, 0.15) is 48.6 Å². The summed E-state index contributed by atoms with van der Waals surface area (Å²) in [7, 11) is 0. The lowest BCUT2D eigenvalue weighted by Crippen LogP contribution is -2.40. The summed E-state index contributed by atoms with van der Waals surface area (Å²) in [5, 5.41) is 13.1. The molecule has 4 atom stereocenters. The Hall–Kier alpha value is -1.98. The summed E-state index contributed by atoms with van der Waals surface area (Å²) in [6, 6.07) is 14.9. The van der Waals surface area contributed by atoms with Crippen molar-refractivity contribution in [1.82, 2.24) is 0 Å². The van der Waals surface area contributed by atoms with Gasteiger partial charge in [-0.2, -0.15) is 0 Å². The molecule has 0 amide bonds. The van der Waals surface area contributed by atoms with Crippen molar-refractivity contribution in [1.29, 1.82) is 0 Å². The van der Waals surface area contributed by atoms with E-state index < -0.39 is 5.92 Å². The highest BCUT2D eigenvalue weighted by atomic mass is 19.3. The summed E-state index contributed by atoms with van der Waals surface area (Å²) in [4.78, 5) is 0. The molecule has 5 heteroatoms. The van der Waals surface area contributed by atoms with E-state index in [2.05, 4.69) is 17.4 Å². The Morgan fingerprint density at radius 3 is 2.62 bits per heavy atom. The van der Waals surface area contributed by atoms with Crippen molar-refractivity contribution in [2.45, 2.75) is 43.9 Å². The third-order valence-corrected chi connectivity index (χ3v) is 5.52. The number of benzene rings is 2. The molecule has 2 heterocycles. The molecule has 2 aliphatic rings. The van der Waals surface area contributed by atoms with Gasteiger partial charge in [-0.25, -0.2) is 8.78 Å². The zero-order valence-corrected chi connectivity index (χ0v) is 14.7. The molecule has 138 valence electrons. The van der Waals surface area contributed by atoms with E-state index >= 15 is 0 Å². The standard InChI is InChI=1S/C21H23F2NO2/c1-21(22,23)14-7-10-18-17(11-14)20-16(9-8-15(12-25)26-20)19(24-18)13-5-3-2-4-6-13/h2-7,10-11,15-16,19-20,24-25H,8-9,12H2,1H3/t15-,16+,19+,20+/m1/s1. The number of fused-ring (bicyclic) bond motifs is 3. The van der Waals surface area contributed by atoms with Crippen LogP contribution < -0.4 is 5.32 Å². The van der Waals surface area contributed by atoms with Gasteiger partial charge in [0, 0.05) is 29.7 Å². The van der Waals surface area contributed by atoms with E-state index in [1.807, 2.05) is 18.2 Å². The van der Waals surface area contributed by atoms with E-state index in [0.29, 0.717) is 0 Å². The van der Waals surface area contributed by atoms with Crippen LogP contribution in [0.5, 0.6) is 0 Å². The molecule has 0 saturated carbocycles. The number of anilines is 1. The number of hydrogen-bond acceptors (Lipinski definition) is 3. The molecule has 0 radical (unpaired) electrons. The van der Waals surface area contributed by atoms with Crippen molar-refractivity contribution in [2.24, 2.45) is 5.92 Å². The van der Waals surface area contributed by atoms with Gasteiger partial charge < -0.3 is 15.2 Å². The van der Waals surface area contributed by atoms with E-state index in [9.17, 15) is 13.9 Å². The van der Waals surface area contributed by atoms with Crippen LogP contribution in [0, 0.1) is 5.92 Å². The van der Waals surface area contributed by atoms with Gasteiger partial charge in [0.1, 0.15) is 0 Å². The SMILES string of the molecule is CC(F)(F)c1ccc2c(c1)[C@H]1O[C@@H](CO)CC[C@H]1[C@H](c1ccccc1)N2. The first-order valence-corrected chi connectivity index (χ1v) is 9.07. The van der Waals surface area contributed by atoms with Gasteiger partial charge in [0.25, 0.3) is 5.92 Å². The Bertz CT molecular complexity index is 775. The second-order valence-corrected chi connectivity index (χ2v) is 7.33. The second-order valence-electron chi connectivity index (χ2n) is 7.33. The van der Waals surface area contributed by atoms with Crippen LogP contribution in [-0.2, 0) is 10.7 Å². The molecule has 0 bridgehead atoms. The predicted octanol–water partition coefficient (Wildman–Crippen LogP) is 4.79. The van der Waals surface area contributed by atoms with Gasteiger partial charge in [-0.05, 0) is 30.5 Å². The Kier molecular flexibility index (Phi) is 4.45. The second kappa shape index (κ2) is 6.63. The first kappa shape index (κ1) is 17.4. The maximum Gasteiger partial charge on any atom is 0.270 e. The van der Waals surface area contributed by atoms with E-state index in [-0.39, 0.29) is 36.3 Å². The van der Waals surface area contributed by atoms with Crippen molar-refractivity contribution in [3.8, 4) is 0 Å². The minimum Gasteiger partial charge on any atom is -0.394 e. The topological polar surface area (TPSA) is 41.5 Å². The summed E-state index contributed by atoms with van der Waals surface area (Å²) in [5.41, 5.74) is 2.74. The molecular formula is C21H23F2NO2. The number of ether oxygens (including phenoxy) is 1. The smallest absolute Gasteiger partial charge is 0.270 e. The fraction of sp³-hybridized carbons (Fsp3) is 0.429. The first-order chi connectivity index (χ1) is 12.5. The number of rotatable bonds is 3. The van der Waals surface area contributed by atoms with E-state index in [1.165, 1.54) is 6.07 Å². The van der Waals surface area contributed by atoms with Crippen LogP contribution in [0.25, 0.3) is 0 Å². The molecule has 1 fully saturated rings. The van der Waals surface area contributed by atoms with Crippen LogP contribution >= 0.6 is 0 Å². The first-order valence-electron chi connectivity index (χ1n) is 9.07. The molecule has 26 heavy (non-hydrogen) atoms. The van der Waals surface area contributed by atoms with E-state index in [1.54, 1.807) is 12.1 Å². The number of halogens is 2. The summed E-state index contributed by atoms with van der Waals surface area (Å²) in [5.74, 6) is -2.76. The van der Waals surface area contributed by atoms with E-state index in [0.717, 1.165) is 36.6 Å². The zero-order valence-electron chi connectivity index (χ0n) is 14.7. The highest BCUT2D eigenvalue weighted by Gasteiger charge is 2.42. The number of aliphatic hydroxyl groups is 1. The van der Waals surface area contributed by atoms with Crippen molar-refractivity contribution in [2.75, 3.05) is 11.9 Å². The Labute approximate surface area is 152 Å². The monoisotopic (exact) mass is 359 g/mol. The molecule has 2 aliphatic heterocycles. The highest BCUT2D eigenvalue weighted by Crippen LogP contribution is 2.51. The van der Waals surface area contributed by atoms with Crippen molar-refractivity contribution < 1.29 is 18.6 Å². The summed E-state index contributed by atoms with van der Waals surface area (Å²) in [6.45, 7) is 0.860. The molecule has 2 aromatic carbocycles. The maximum absolute atomic E-state index is 13.8. The molecule has 3 nitrogen and oxygen atoms in total. The molecule has 2 aromatic rings. The van der Waals surface area contributed by atoms with E-state index in [4.69, 9.17) is 4.74 Å². The van der Waals surface area contributed by atoms with Crippen LogP contribution in [0.2, 0.25) is 0 Å². The molecule has 0 unspecified atom stereocenters. The average Bonchev–Trinajstić information content (AvgIpc) is 2.66. The van der Waals surface area contributed by atoms with Gasteiger partial charge in [-0.3, -0.25) is 0 Å². The third-order valence-electron chi connectivity index (χ3n) is 5.52. The van der Waals surface area contributed by atoms with Gasteiger partial charge >= 0.3 is 0 Å². The Balaban J connectivity index is 1.77. The van der Waals surface area contributed by atoms with Gasteiger partial charge in [0.15, 0.2) is 0 Å². The maximum atomic E-state index is 13.8. The van der Waals surface area contributed by atoms with Crippen molar-refractivity contribution in [3.05, 3.63) is 65.2 Å². The largest absolute Gasteiger partial charge is 0.394 e. The quantitative estimate of drug-likeness (QED) is 0.828. The molecule has 0 aliphatic carbocycles. The molecule has 0 spiro atoms. The Morgan fingerprint density at radius 1 is 1.15 bits per heavy atom. The lowest BCUT2D eigenvalue weighted by atomic mass is 9.76. The minimum absolute atomic E-state index is 0.00955. The number of alkyl halides is 2. The van der Waals surface area contributed by atoms with Gasteiger partial charge in [0.05, 0.1) is 24.9 Å². The normalized spacial score (nSPS) is 28.0. The molecule has 0 aromatic heterocycles. The summed E-state index contributed by atoms with van der Waals surface area (Å²) < 4.78 is 33.8. The third kappa shape index (κ3) is 3.10. The molecule has 4 rings (SSSR count). The minimum atomic E-state index is -2.90. The van der Waals surface area contributed by atoms with Gasteiger partial charge in [-0.15, -0.1) is 0 Å². The van der Waals surface area contributed by atoms with Gasteiger partial charge in [0.2, 0.25) is 0 Å². The van der Waals surface area contributed by atoms with Gasteiger partial charge in [-0.1, -0.05) is 36.4 Å². The fourth-order valence-corrected chi connectivity index (χ4v) is 4.15. The summed E-state index contributed by atoms with van der Waals surface area (Å²) >= 11 is 0. The van der Waals surface area contributed by atoms with Crippen LogP contribution in [0.4, 0.5) is 14.5 Å². The van der Waals surface area contributed by atoms with Crippen LogP contribution in [0.3, 0.4) is 0 Å². The van der Waals surface area contributed by atoms with Crippen LogP contribution in [-0.4, -0.2) is 17.8 Å². The lowest BCUT2D eigenvalue weighted by Gasteiger charge is -2.45. The molecule has 2 N–H and O–H groups in total. The number of nitrogens with one attached hydrogen (secondary N) is 1. The zero-order chi connectivity index (χ0) is 18.3. The number of hydrogen-bond donors (Lipinski definition) is 2. The Morgan fingerprint density at radius 2 is 1.92 bits per heavy atom. The highest BCUT2D eigenvalue weighted by molar-refractivity contribution is 5.58.